The van der Waals surface area contributed by atoms with Crippen LogP contribution in [0.1, 0.15) is 0 Å². The van der Waals surface area contributed by atoms with Gasteiger partial charge in [-0.2, -0.15) is 0 Å². The molecule has 0 aliphatic heterocycles. The van der Waals surface area contributed by atoms with E-state index >= 15 is 0 Å². The molecule has 3 aromatic heterocycles. The highest BCUT2D eigenvalue weighted by molar-refractivity contribution is 5.72. The molecule has 0 N–H and O–H groups in total. The molecule has 0 atom stereocenters. The zero-order valence-corrected chi connectivity index (χ0v) is 10.0. The largest absolute Gasteiger partial charge is 0.481 e. The molecule has 0 aromatic carbocycles. The van der Waals surface area contributed by atoms with Crippen molar-refractivity contribution in [3.05, 3.63) is 30.9 Å². The minimum Gasteiger partial charge on any atom is -0.481 e. The first-order chi connectivity index (χ1) is 8.78. The van der Waals surface area contributed by atoms with E-state index in [9.17, 15) is 0 Å². The average molecular weight is 241 g/mol. The van der Waals surface area contributed by atoms with Crippen LogP contribution in [0.3, 0.4) is 0 Å². The van der Waals surface area contributed by atoms with Crippen molar-refractivity contribution < 1.29 is 4.74 Å². The zero-order chi connectivity index (χ0) is 12.5. The van der Waals surface area contributed by atoms with Crippen LogP contribution >= 0.6 is 0 Å². The van der Waals surface area contributed by atoms with Gasteiger partial charge in [-0.25, -0.2) is 19.9 Å². The van der Waals surface area contributed by atoms with E-state index in [0.717, 1.165) is 16.7 Å². The molecule has 90 valence electrons. The molecule has 6 heteroatoms. The van der Waals surface area contributed by atoms with Crippen LogP contribution in [0, 0.1) is 0 Å². The second kappa shape index (κ2) is 4.06. The molecular formula is C12H11N5O. The lowest BCUT2D eigenvalue weighted by molar-refractivity contribution is 0.398. The first kappa shape index (κ1) is 10.6. The smallest absolute Gasteiger partial charge is 0.213 e. The van der Waals surface area contributed by atoms with E-state index in [1.54, 1.807) is 31.9 Å². The Balaban J connectivity index is 2.15. The molecule has 0 saturated carbocycles. The highest BCUT2D eigenvalue weighted by atomic mass is 16.5. The van der Waals surface area contributed by atoms with Crippen LogP contribution in [0.4, 0.5) is 0 Å². The molecule has 0 fully saturated rings. The van der Waals surface area contributed by atoms with E-state index < -0.39 is 0 Å². The second-order valence-corrected chi connectivity index (χ2v) is 3.84. The molecule has 0 aliphatic rings. The normalized spacial score (nSPS) is 10.8. The van der Waals surface area contributed by atoms with Crippen molar-refractivity contribution >= 4 is 11.2 Å². The van der Waals surface area contributed by atoms with Crippen LogP contribution in [0.2, 0.25) is 0 Å². The summed E-state index contributed by atoms with van der Waals surface area (Å²) in [4.78, 5) is 17.0. The lowest BCUT2D eigenvalue weighted by Gasteiger charge is -2.02. The average Bonchev–Trinajstić information content (AvgIpc) is 2.80. The van der Waals surface area contributed by atoms with Gasteiger partial charge in [0, 0.05) is 24.9 Å². The summed E-state index contributed by atoms with van der Waals surface area (Å²) in [5, 5.41) is 0. The Morgan fingerprint density at radius 2 is 2.11 bits per heavy atom. The number of pyridine rings is 1. The monoisotopic (exact) mass is 241 g/mol. The van der Waals surface area contributed by atoms with E-state index in [1.807, 2.05) is 17.7 Å². The van der Waals surface area contributed by atoms with E-state index in [4.69, 9.17) is 4.74 Å². The number of hydrogen-bond donors (Lipinski definition) is 0. The number of methoxy groups -OCH3 is 1. The maximum atomic E-state index is 5.09. The van der Waals surface area contributed by atoms with Gasteiger partial charge < -0.3 is 9.30 Å². The van der Waals surface area contributed by atoms with Gasteiger partial charge in [-0.05, 0) is 6.07 Å². The summed E-state index contributed by atoms with van der Waals surface area (Å²) in [5.74, 6) is 1.17. The van der Waals surface area contributed by atoms with Gasteiger partial charge in [-0.15, -0.1) is 0 Å². The van der Waals surface area contributed by atoms with Crippen LogP contribution in [0.15, 0.2) is 30.9 Å². The van der Waals surface area contributed by atoms with Crippen LogP contribution in [-0.2, 0) is 7.05 Å². The highest BCUT2D eigenvalue weighted by Crippen LogP contribution is 2.20. The molecule has 0 saturated heterocycles. The first-order valence-corrected chi connectivity index (χ1v) is 5.42. The maximum Gasteiger partial charge on any atom is 0.213 e. The van der Waals surface area contributed by atoms with Crippen LogP contribution in [0.5, 0.6) is 5.88 Å². The number of nitrogens with zero attached hydrogens (tertiary/aromatic N) is 5. The molecule has 0 radical (unpaired) electrons. The SMILES string of the molecule is COc1cc(-c2ncc3ncn(C)c3n2)ccn1. The predicted octanol–water partition coefficient (Wildman–Crippen LogP) is 1.43. The Hall–Kier alpha value is -2.50. The summed E-state index contributed by atoms with van der Waals surface area (Å²) in [6, 6.07) is 3.65. The quantitative estimate of drug-likeness (QED) is 0.679. The topological polar surface area (TPSA) is 65.7 Å². The number of imidazole rings is 1. The number of fused-ring (bicyclic) bond motifs is 1. The van der Waals surface area contributed by atoms with Crippen molar-refractivity contribution in [2.45, 2.75) is 0 Å². The van der Waals surface area contributed by atoms with E-state index in [1.165, 1.54) is 0 Å². The fourth-order valence-corrected chi connectivity index (χ4v) is 1.72. The highest BCUT2D eigenvalue weighted by Gasteiger charge is 2.07. The number of aryl methyl sites for hydroxylation is 1. The lowest BCUT2D eigenvalue weighted by atomic mass is 10.2. The van der Waals surface area contributed by atoms with Crippen molar-refractivity contribution in [1.82, 2.24) is 24.5 Å². The maximum absolute atomic E-state index is 5.09. The molecule has 3 rings (SSSR count). The van der Waals surface area contributed by atoms with Crippen LogP contribution < -0.4 is 4.74 Å². The molecule has 18 heavy (non-hydrogen) atoms. The van der Waals surface area contributed by atoms with Gasteiger partial charge in [0.2, 0.25) is 5.88 Å². The molecule has 0 aliphatic carbocycles. The second-order valence-electron chi connectivity index (χ2n) is 3.84. The van der Waals surface area contributed by atoms with Gasteiger partial charge in [0.05, 0.1) is 19.6 Å². The van der Waals surface area contributed by atoms with Crippen LogP contribution in [-0.4, -0.2) is 31.6 Å². The first-order valence-electron chi connectivity index (χ1n) is 5.42. The number of ether oxygens (including phenoxy) is 1. The minimum absolute atomic E-state index is 0.543. The molecule has 0 bridgehead atoms. The standard InChI is InChI=1S/C12H11N5O/c1-17-7-15-9-6-14-11(16-12(9)17)8-3-4-13-10(5-8)18-2/h3-7H,1-2H3. The third-order valence-corrected chi connectivity index (χ3v) is 2.66. The van der Waals surface area contributed by atoms with E-state index in [0.29, 0.717) is 11.7 Å². The van der Waals surface area contributed by atoms with Crippen molar-refractivity contribution in [2.24, 2.45) is 7.05 Å². The summed E-state index contributed by atoms with van der Waals surface area (Å²) >= 11 is 0. The molecular weight excluding hydrogens is 230 g/mol. The third-order valence-electron chi connectivity index (χ3n) is 2.66. The molecule has 3 aromatic rings. The Morgan fingerprint density at radius 1 is 1.22 bits per heavy atom. The van der Waals surface area contributed by atoms with Crippen LogP contribution in [0.25, 0.3) is 22.6 Å². The van der Waals surface area contributed by atoms with Gasteiger partial charge in [-0.1, -0.05) is 0 Å². The number of aromatic nitrogens is 5. The summed E-state index contributed by atoms with van der Waals surface area (Å²) in [7, 11) is 3.48. The summed E-state index contributed by atoms with van der Waals surface area (Å²) < 4.78 is 6.95. The summed E-state index contributed by atoms with van der Waals surface area (Å²) in [5.41, 5.74) is 2.45. The van der Waals surface area contributed by atoms with Gasteiger partial charge in [0.25, 0.3) is 0 Å². The van der Waals surface area contributed by atoms with E-state index in [-0.39, 0.29) is 0 Å². The summed E-state index contributed by atoms with van der Waals surface area (Å²) in [6.07, 6.45) is 5.10. The Kier molecular flexibility index (Phi) is 2.40. The lowest BCUT2D eigenvalue weighted by Crippen LogP contribution is -1.94. The Labute approximate surface area is 103 Å². The third kappa shape index (κ3) is 1.67. The zero-order valence-electron chi connectivity index (χ0n) is 10.0. The minimum atomic E-state index is 0.543. The van der Waals surface area contributed by atoms with Gasteiger partial charge in [0.1, 0.15) is 5.52 Å². The van der Waals surface area contributed by atoms with Crippen molar-refractivity contribution in [2.75, 3.05) is 7.11 Å². The number of hydrogen-bond acceptors (Lipinski definition) is 5. The molecule has 3 heterocycles. The molecule has 0 unspecified atom stereocenters. The fraction of sp³-hybridized carbons (Fsp3) is 0.167. The Morgan fingerprint density at radius 3 is 2.94 bits per heavy atom. The molecule has 0 spiro atoms. The van der Waals surface area contributed by atoms with Crippen molar-refractivity contribution in [1.29, 1.82) is 0 Å². The fourth-order valence-electron chi connectivity index (χ4n) is 1.72. The van der Waals surface area contributed by atoms with Crippen molar-refractivity contribution in [3.63, 3.8) is 0 Å². The molecule has 0 amide bonds. The van der Waals surface area contributed by atoms with Gasteiger partial charge in [-0.3, -0.25) is 0 Å². The predicted molar refractivity (Wildman–Crippen MR) is 66.1 cm³/mol. The van der Waals surface area contributed by atoms with Gasteiger partial charge in [0.15, 0.2) is 11.5 Å². The van der Waals surface area contributed by atoms with Crippen molar-refractivity contribution in [3.8, 4) is 17.3 Å². The summed E-state index contributed by atoms with van der Waals surface area (Å²) in [6.45, 7) is 0. The van der Waals surface area contributed by atoms with E-state index in [2.05, 4.69) is 19.9 Å². The number of rotatable bonds is 2. The molecule has 6 nitrogen and oxygen atoms in total. The van der Waals surface area contributed by atoms with Gasteiger partial charge >= 0.3 is 0 Å². The Bertz CT molecular complexity index is 707.